The van der Waals surface area contributed by atoms with E-state index in [-0.39, 0.29) is 18.1 Å². The van der Waals surface area contributed by atoms with E-state index in [1.54, 1.807) is 11.2 Å². The number of carbonyl (C=O) groups excluding carboxylic acids is 1. The first-order valence-corrected chi connectivity index (χ1v) is 8.17. The van der Waals surface area contributed by atoms with Gasteiger partial charge >= 0.3 is 5.97 Å². The van der Waals surface area contributed by atoms with E-state index in [0.29, 0.717) is 12.5 Å². The van der Waals surface area contributed by atoms with Gasteiger partial charge < -0.3 is 9.29 Å². The number of aryl methyl sites for hydroxylation is 1. The van der Waals surface area contributed by atoms with E-state index in [0.717, 1.165) is 23.3 Å². The fourth-order valence-electron chi connectivity index (χ4n) is 2.59. The van der Waals surface area contributed by atoms with Crippen LogP contribution in [0.2, 0.25) is 0 Å². The molecule has 0 aromatic heterocycles. The van der Waals surface area contributed by atoms with Crippen LogP contribution in [0.3, 0.4) is 0 Å². The summed E-state index contributed by atoms with van der Waals surface area (Å²) in [5, 5.41) is 0. The summed E-state index contributed by atoms with van der Waals surface area (Å²) in [5.74, 6) is 0.281. The molecule has 3 rings (SSSR count). The van der Waals surface area contributed by atoms with E-state index >= 15 is 0 Å². The standard InChI is InChI=1S/C15H19NO3S/c1-3-19-15(17)14-13(11-6-7-11)16(14)20(18)12-8-4-10(2)5-9-12/h4-5,8-9,11,13-14H,3,6-7H2,1-2H3/t13-,14-,16?,20-/m1/s1. The van der Waals surface area contributed by atoms with Crippen LogP contribution in [0.25, 0.3) is 0 Å². The van der Waals surface area contributed by atoms with Crippen LogP contribution in [-0.2, 0) is 20.9 Å². The minimum absolute atomic E-state index is 0.108. The quantitative estimate of drug-likeness (QED) is 0.473. The molecule has 0 spiro atoms. The fourth-order valence-corrected chi connectivity index (χ4v) is 4.08. The molecule has 1 saturated heterocycles. The zero-order valence-electron chi connectivity index (χ0n) is 11.7. The van der Waals surface area contributed by atoms with Gasteiger partial charge in [-0.2, -0.15) is 0 Å². The highest BCUT2D eigenvalue weighted by molar-refractivity contribution is 7.89. The van der Waals surface area contributed by atoms with Crippen LogP contribution in [0.5, 0.6) is 0 Å². The molecule has 0 N–H and O–H groups in total. The number of hydrogen-bond acceptors (Lipinski definition) is 4. The van der Waals surface area contributed by atoms with Gasteiger partial charge in [-0.3, -0.25) is 4.79 Å². The van der Waals surface area contributed by atoms with Gasteiger partial charge in [-0.25, -0.2) is 0 Å². The molecule has 108 valence electrons. The molecule has 5 heteroatoms. The molecule has 1 aromatic carbocycles. The molecule has 0 amide bonds. The molecule has 4 atom stereocenters. The third-order valence-electron chi connectivity index (χ3n) is 3.85. The zero-order chi connectivity index (χ0) is 14.3. The fraction of sp³-hybridized carbons (Fsp3) is 0.533. The lowest BCUT2D eigenvalue weighted by atomic mass is 10.2. The van der Waals surface area contributed by atoms with Gasteiger partial charge in [0.15, 0.2) is 10.9 Å². The summed E-state index contributed by atoms with van der Waals surface area (Å²) in [6.45, 7) is 4.17. The predicted molar refractivity (Wildman–Crippen MR) is 76.4 cm³/mol. The van der Waals surface area contributed by atoms with E-state index < -0.39 is 11.4 Å². The van der Waals surface area contributed by atoms with Crippen molar-refractivity contribution in [1.82, 2.24) is 4.31 Å². The molecular weight excluding hydrogens is 274 g/mol. The summed E-state index contributed by atoms with van der Waals surface area (Å²) in [5.41, 5.74) is 1.14. The van der Waals surface area contributed by atoms with Crippen LogP contribution in [0, 0.1) is 12.8 Å². The van der Waals surface area contributed by atoms with Gasteiger partial charge in [0.2, 0.25) is 0 Å². The Hall–Kier alpha value is -1.04. The number of carbonyl (C=O) groups is 1. The van der Waals surface area contributed by atoms with Crippen molar-refractivity contribution in [3.05, 3.63) is 29.8 Å². The number of rotatable bonds is 5. The summed E-state index contributed by atoms with van der Waals surface area (Å²) in [6.07, 6.45) is 2.25. The molecule has 1 aliphatic heterocycles. The Labute approximate surface area is 122 Å². The van der Waals surface area contributed by atoms with Crippen molar-refractivity contribution in [1.29, 1.82) is 0 Å². The number of benzene rings is 1. The highest BCUT2D eigenvalue weighted by Crippen LogP contribution is 2.50. The summed E-state index contributed by atoms with van der Waals surface area (Å²) in [6, 6.07) is 7.43. The molecule has 1 heterocycles. The largest absolute Gasteiger partial charge is 0.593 e. The Bertz CT molecular complexity index is 500. The highest BCUT2D eigenvalue weighted by atomic mass is 32.2. The molecule has 2 aliphatic rings. The average Bonchev–Trinajstić information content (AvgIpc) is 3.30. The molecule has 20 heavy (non-hydrogen) atoms. The molecule has 2 fully saturated rings. The smallest absolute Gasteiger partial charge is 0.329 e. The van der Waals surface area contributed by atoms with Gasteiger partial charge in [0.1, 0.15) is 0 Å². The van der Waals surface area contributed by atoms with E-state index in [1.165, 1.54) is 0 Å². The van der Waals surface area contributed by atoms with Crippen molar-refractivity contribution in [2.24, 2.45) is 5.92 Å². The van der Waals surface area contributed by atoms with Crippen LogP contribution >= 0.6 is 0 Å². The van der Waals surface area contributed by atoms with E-state index in [4.69, 9.17) is 4.74 Å². The number of hydrogen-bond donors (Lipinski definition) is 0. The summed E-state index contributed by atoms with van der Waals surface area (Å²) >= 11 is -1.26. The topological polar surface area (TPSA) is 52.4 Å². The minimum Gasteiger partial charge on any atom is -0.593 e. The van der Waals surface area contributed by atoms with E-state index in [2.05, 4.69) is 0 Å². The summed E-state index contributed by atoms with van der Waals surface area (Å²) in [4.78, 5) is 12.7. The van der Waals surface area contributed by atoms with Gasteiger partial charge in [0.05, 0.1) is 24.0 Å². The van der Waals surface area contributed by atoms with Gasteiger partial charge in [-0.1, -0.05) is 17.7 Å². The second kappa shape index (κ2) is 5.39. The second-order valence-corrected chi connectivity index (χ2v) is 6.84. The van der Waals surface area contributed by atoms with Crippen molar-refractivity contribution in [3.63, 3.8) is 0 Å². The molecule has 1 saturated carbocycles. The molecule has 4 nitrogen and oxygen atoms in total. The Balaban J connectivity index is 1.74. The van der Waals surface area contributed by atoms with Crippen molar-refractivity contribution >= 4 is 17.3 Å². The number of esters is 1. The SMILES string of the molecule is CCOC(=O)[C@H]1[C@@H](C2CC2)N1[S@+]([O-])c1ccc(C)cc1. The van der Waals surface area contributed by atoms with Crippen LogP contribution in [0.4, 0.5) is 0 Å². The second-order valence-electron chi connectivity index (χ2n) is 5.45. The highest BCUT2D eigenvalue weighted by Gasteiger charge is 2.67. The maximum absolute atomic E-state index is 12.6. The third-order valence-corrected chi connectivity index (χ3v) is 5.38. The lowest BCUT2D eigenvalue weighted by molar-refractivity contribution is -0.143. The molecular formula is C15H19NO3S. The Morgan fingerprint density at radius 1 is 1.40 bits per heavy atom. The lowest BCUT2D eigenvalue weighted by Crippen LogP contribution is -2.21. The Kier molecular flexibility index (Phi) is 3.75. The van der Waals surface area contributed by atoms with E-state index in [1.807, 2.05) is 31.2 Å². The van der Waals surface area contributed by atoms with Crippen LogP contribution in [0.15, 0.2) is 29.2 Å². The Morgan fingerprint density at radius 3 is 2.60 bits per heavy atom. The van der Waals surface area contributed by atoms with Crippen molar-refractivity contribution < 1.29 is 14.1 Å². The third kappa shape index (κ3) is 2.57. The lowest BCUT2D eigenvalue weighted by Gasteiger charge is -2.11. The summed E-state index contributed by atoms with van der Waals surface area (Å²) < 4.78 is 19.5. The minimum atomic E-state index is -1.26. The van der Waals surface area contributed by atoms with Crippen LogP contribution < -0.4 is 0 Å². The van der Waals surface area contributed by atoms with Gasteiger partial charge in [0.25, 0.3) is 0 Å². The number of ether oxygens (including phenoxy) is 1. The van der Waals surface area contributed by atoms with Gasteiger partial charge in [0, 0.05) is 0 Å². The van der Waals surface area contributed by atoms with Crippen molar-refractivity contribution in [2.75, 3.05) is 6.61 Å². The van der Waals surface area contributed by atoms with Gasteiger partial charge in [-0.15, -0.1) is 4.31 Å². The average molecular weight is 293 g/mol. The number of nitrogens with zero attached hydrogens (tertiary/aromatic N) is 1. The molecule has 0 bridgehead atoms. The first-order valence-electron chi connectivity index (χ1n) is 7.07. The van der Waals surface area contributed by atoms with Crippen LogP contribution in [0.1, 0.15) is 25.3 Å². The van der Waals surface area contributed by atoms with E-state index in [9.17, 15) is 9.35 Å². The van der Waals surface area contributed by atoms with Crippen LogP contribution in [-0.4, -0.2) is 33.5 Å². The molecule has 1 aromatic rings. The van der Waals surface area contributed by atoms with Crippen molar-refractivity contribution in [2.45, 2.75) is 43.7 Å². The predicted octanol–water partition coefficient (Wildman–Crippen LogP) is 2.04. The Morgan fingerprint density at radius 2 is 2.05 bits per heavy atom. The van der Waals surface area contributed by atoms with Crippen molar-refractivity contribution in [3.8, 4) is 0 Å². The normalized spacial score (nSPS) is 29.9. The first kappa shape index (κ1) is 13.9. The zero-order valence-corrected chi connectivity index (χ0v) is 12.6. The maximum Gasteiger partial charge on any atom is 0.329 e. The monoisotopic (exact) mass is 293 g/mol. The maximum atomic E-state index is 12.6. The molecule has 0 radical (unpaired) electrons. The van der Waals surface area contributed by atoms with Gasteiger partial charge in [-0.05, 0) is 44.7 Å². The first-order chi connectivity index (χ1) is 9.63. The summed E-state index contributed by atoms with van der Waals surface area (Å²) in [7, 11) is 0. The molecule has 1 aliphatic carbocycles. The molecule has 1 unspecified atom stereocenters.